The molecule has 76 valence electrons. The Kier molecular flexibility index (Phi) is 3.89. The van der Waals surface area contributed by atoms with Crippen LogP contribution in [0.3, 0.4) is 0 Å². The van der Waals surface area contributed by atoms with Gasteiger partial charge in [0.1, 0.15) is 5.82 Å². The zero-order valence-electron chi connectivity index (χ0n) is 7.76. The lowest BCUT2D eigenvalue weighted by atomic mass is 10.2. The minimum Gasteiger partial charge on any atom is -0.324 e. The fourth-order valence-corrected chi connectivity index (χ4v) is 1.16. The maximum absolute atomic E-state index is 13.0. The number of anilines is 1. The molecule has 0 fully saturated rings. The molecule has 0 heterocycles. The summed E-state index contributed by atoms with van der Waals surface area (Å²) in [5.41, 5.74) is 0.190. The van der Waals surface area contributed by atoms with Crippen molar-refractivity contribution in [1.29, 1.82) is 0 Å². The van der Waals surface area contributed by atoms with Gasteiger partial charge < -0.3 is 5.32 Å². The number of hydrogen-bond donors (Lipinski definition) is 1. The van der Waals surface area contributed by atoms with Gasteiger partial charge in [0.15, 0.2) is 0 Å². The molecule has 4 heteroatoms. The Morgan fingerprint density at radius 3 is 2.79 bits per heavy atom. The number of para-hydroxylation sites is 1. The summed E-state index contributed by atoms with van der Waals surface area (Å²) in [6.45, 7) is 1.71. The molecular weight excluding hydrogens is 205 g/mol. The first kappa shape index (κ1) is 11.0. The summed E-state index contributed by atoms with van der Waals surface area (Å²) in [6.07, 6.45) is 0.176. The number of rotatable bonds is 3. The quantitative estimate of drug-likeness (QED) is 0.772. The van der Waals surface area contributed by atoms with Crippen molar-refractivity contribution >= 4 is 23.2 Å². The molecule has 1 atom stereocenters. The minimum atomic E-state index is -0.442. The Hall–Kier alpha value is -1.09. The molecular formula is C10H11ClFNO. The van der Waals surface area contributed by atoms with Gasteiger partial charge in [0, 0.05) is 11.8 Å². The van der Waals surface area contributed by atoms with Crippen molar-refractivity contribution in [1.82, 2.24) is 0 Å². The van der Waals surface area contributed by atoms with Crippen molar-refractivity contribution < 1.29 is 9.18 Å². The van der Waals surface area contributed by atoms with E-state index in [0.717, 1.165) is 0 Å². The Balaban J connectivity index is 2.61. The van der Waals surface area contributed by atoms with Crippen molar-refractivity contribution in [3.05, 3.63) is 30.1 Å². The number of carbonyl (C=O) groups is 1. The Bertz CT molecular complexity index is 328. The van der Waals surface area contributed by atoms with Crippen molar-refractivity contribution in [2.45, 2.75) is 18.7 Å². The van der Waals surface area contributed by atoms with Gasteiger partial charge in [-0.15, -0.1) is 11.6 Å². The highest BCUT2D eigenvalue weighted by atomic mass is 35.5. The predicted octanol–water partition coefficient (Wildman–Crippen LogP) is 2.78. The average molecular weight is 216 g/mol. The van der Waals surface area contributed by atoms with Crippen LogP contribution in [0.25, 0.3) is 0 Å². The first-order chi connectivity index (χ1) is 6.59. The van der Waals surface area contributed by atoms with Gasteiger partial charge in [-0.05, 0) is 19.1 Å². The van der Waals surface area contributed by atoms with Crippen molar-refractivity contribution in [3.63, 3.8) is 0 Å². The summed E-state index contributed by atoms with van der Waals surface area (Å²) in [5, 5.41) is 2.19. The largest absolute Gasteiger partial charge is 0.324 e. The minimum absolute atomic E-state index is 0.176. The Labute approximate surface area is 87.1 Å². The maximum atomic E-state index is 13.0. The first-order valence-electron chi connectivity index (χ1n) is 4.28. The molecule has 1 aromatic rings. The molecule has 0 spiro atoms. The molecule has 0 bridgehead atoms. The SMILES string of the molecule is CC(Cl)CC(=O)Nc1ccccc1F. The van der Waals surface area contributed by atoms with Gasteiger partial charge >= 0.3 is 0 Å². The normalized spacial score (nSPS) is 12.2. The first-order valence-corrected chi connectivity index (χ1v) is 4.71. The van der Waals surface area contributed by atoms with Gasteiger partial charge in [0.2, 0.25) is 5.91 Å². The van der Waals surface area contributed by atoms with Crippen LogP contribution in [0, 0.1) is 5.82 Å². The van der Waals surface area contributed by atoms with Crippen molar-refractivity contribution in [3.8, 4) is 0 Å². The molecule has 0 saturated heterocycles. The lowest BCUT2D eigenvalue weighted by Gasteiger charge is -2.06. The van der Waals surface area contributed by atoms with Crippen LogP contribution in [-0.2, 0) is 4.79 Å². The van der Waals surface area contributed by atoms with E-state index in [1.807, 2.05) is 0 Å². The zero-order chi connectivity index (χ0) is 10.6. The third kappa shape index (κ3) is 3.34. The van der Waals surface area contributed by atoms with Gasteiger partial charge in [0.05, 0.1) is 5.69 Å². The Morgan fingerprint density at radius 2 is 2.21 bits per heavy atom. The predicted molar refractivity (Wildman–Crippen MR) is 55.0 cm³/mol. The molecule has 1 unspecified atom stereocenters. The average Bonchev–Trinajstić information content (AvgIpc) is 2.07. The second kappa shape index (κ2) is 4.96. The van der Waals surface area contributed by atoms with Crippen LogP contribution < -0.4 is 5.32 Å². The van der Waals surface area contributed by atoms with Gasteiger partial charge in [0.25, 0.3) is 0 Å². The van der Waals surface area contributed by atoms with Crippen molar-refractivity contribution in [2.75, 3.05) is 5.32 Å². The molecule has 1 aromatic carbocycles. The topological polar surface area (TPSA) is 29.1 Å². The van der Waals surface area contributed by atoms with E-state index in [2.05, 4.69) is 5.32 Å². The summed E-state index contributed by atoms with van der Waals surface area (Å²) < 4.78 is 13.0. The molecule has 14 heavy (non-hydrogen) atoms. The van der Waals surface area contributed by atoms with Crippen LogP contribution in [0.2, 0.25) is 0 Å². The summed E-state index contributed by atoms with van der Waals surface area (Å²) in [6, 6.07) is 6.02. The van der Waals surface area contributed by atoms with E-state index in [4.69, 9.17) is 11.6 Å². The van der Waals surface area contributed by atoms with E-state index >= 15 is 0 Å². The van der Waals surface area contributed by atoms with Crippen LogP contribution in [0.15, 0.2) is 24.3 Å². The number of halogens is 2. The highest BCUT2D eigenvalue weighted by Gasteiger charge is 2.08. The number of alkyl halides is 1. The fraction of sp³-hybridized carbons (Fsp3) is 0.300. The van der Waals surface area contributed by atoms with Crippen LogP contribution in [0.4, 0.5) is 10.1 Å². The van der Waals surface area contributed by atoms with Crippen molar-refractivity contribution in [2.24, 2.45) is 0 Å². The third-order valence-corrected chi connectivity index (χ3v) is 1.77. The van der Waals surface area contributed by atoms with Gasteiger partial charge in [-0.1, -0.05) is 12.1 Å². The molecule has 1 amide bonds. The van der Waals surface area contributed by atoms with E-state index in [1.54, 1.807) is 19.1 Å². The smallest absolute Gasteiger partial charge is 0.225 e. The molecule has 0 aromatic heterocycles. The van der Waals surface area contributed by atoms with Crippen LogP contribution in [0.5, 0.6) is 0 Å². The number of hydrogen-bond acceptors (Lipinski definition) is 1. The molecule has 0 radical (unpaired) electrons. The summed E-state index contributed by atoms with van der Waals surface area (Å²) >= 11 is 5.62. The summed E-state index contributed by atoms with van der Waals surface area (Å²) in [7, 11) is 0. The number of nitrogens with one attached hydrogen (secondary N) is 1. The van der Waals surface area contributed by atoms with Crippen LogP contribution in [0.1, 0.15) is 13.3 Å². The molecule has 0 saturated carbocycles. The summed E-state index contributed by atoms with van der Waals surface area (Å²) in [4.78, 5) is 11.2. The standard InChI is InChI=1S/C10H11ClFNO/c1-7(11)6-10(14)13-9-5-3-2-4-8(9)12/h2-5,7H,6H2,1H3,(H,13,14). The lowest BCUT2D eigenvalue weighted by Crippen LogP contribution is -2.15. The highest BCUT2D eigenvalue weighted by molar-refractivity contribution is 6.21. The Morgan fingerprint density at radius 1 is 1.57 bits per heavy atom. The van der Waals surface area contributed by atoms with E-state index in [1.165, 1.54) is 12.1 Å². The molecule has 0 aliphatic carbocycles. The maximum Gasteiger partial charge on any atom is 0.225 e. The number of amides is 1. The molecule has 1 N–H and O–H groups in total. The van der Waals surface area contributed by atoms with E-state index < -0.39 is 5.82 Å². The molecule has 2 nitrogen and oxygen atoms in total. The van der Waals surface area contributed by atoms with Crippen LogP contribution in [-0.4, -0.2) is 11.3 Å². The molecule has 0 aliphatic rings. The van der Waals surface area contributed by atoms with Gasteiger partial charge in [-0.25, -0.2) is 4.39 Å². The van der Waals surface area contributed by atoms with E-state index in [-0.39, 0.29) is 23.4 Å². The second-order valence-corrected chi connectivity index (χ2v) is 3.76. The lowest BCUT2D eigenvalue weighted by molar-refractivity contribution is -0.116. The van der Waals surface area contributed by atoms with E-state index in [9.17, 15) is 9.18 Å². The van der Waals surface area contributed by atoms with Gasteiger partial charge in [-0.2, -0.15) is 0 Å². The molecule has 0 aliphatic heterocycles. The zero-order valence-corrected chi connectivity index (χ0v) is 8.51. The van der Waals surface area contributed by atoms with E-state index in [0.29, 0.717) is 0 Å². The van der Waals surface area contributed by atoms with Crippen LogP contribution >= 0.6 is 11.6 Å². The number of carbonyl (C=O) groups excluding carboxylic acids is 1. The monoisotopic (exact) mass is 215 g/mol. The molecule has 1 rings (SSSR count). The second-order valence-electron chi connectivity index (χ2n) is 3.01. The highest BCUT2D eigenvalue weighted by Crippen LogP contribution is 2.13. The fourth-order valence-electron chi connectivity index (χ4n) is 1.02. The third-order valence-electron chi connectivity index (χ3n) is 1.61. The van der Waals surface area contributed by atoms with Gasteiger partial charge in [-0.3, -0.25) is 4.79 Å². The number of benzene rings is 1. The summed E-state index contributed by atoms with van der Waals surface area (Å²) in [5.74, 6) is -0.722.